The summed E-state index contributed by atoms with van der Waals surface area (Å²) in [7, 11) is 0. The van der Waals surface area contributed by atoms with Gasteiger partial charge in [-0.25, -0.2) is 0 Å². The first-order valence-electron chi connectivity index (χ1n) is 7.02. The monoisotopic (exact) mass is 277 g/mol. The second-order valence-electron chi connectivity index (χ2n) is 5.18. The number of para-hydroxylation sites is 1. The molecule has 110 valence electrons. The fraction of sp³-hybridized carbons (Fsp3) is 0.533. The SMILES string of the molecule is CC1CN(CCOc2ccccc2C=NN)CC(C)O1. The van der Waals surface area contributed by atoms with Crippen molar-refractivity contribution in [1.29, 1.82) is 0 Å². The molecule has 0 amide bonds. The molecular weight excluding hydrogens is 254 g/mol. The molecule has 1 fully saturated rings. The number of nitrogens with two attached hydrogens (primary N) is 1. The predicted molar refractivity (Wildman–Crippen MR) is 80.2 cm³/mol. The minimum Gasteiger partial charge on any atom is -0.492 e. The van der Waals surface area contributed by atoms with E-state index < -0.39 is 0 Å². The molecule has 1 aliphatic rings. The molecule has 1 heterocycles. The van der Waals surface area contributed by atoms with Crippen LogP contribution in [-0.4, -0.2) is 49.6 Å². The number of hydrazone groups is 1. The van der Waals surface area contributed by atoms with Gasteiger partial charge >= 0.3 is 0 Å². The summed E-state index contributed by atoms with van der Waals surface area (Å²) < 4.78 is 11.6. The molecular formula is C15H23N3O2. The summed E-state index contributed by atoms with van der Waals surface area (Å²) in [6.07, 6.45) is 2.18. The van der Waals surface area contributed by atoms with Gasteiger partial charge in [0.05, 0.1) is 18.4 Å². The third-order valence-electron chi connectivity index (χ3n) is 3.29. The van der Waals surface area contributed by atoms with E-state index in [2.05, 4.69) is 23.8 Å². The largest absolute Gasteiger partial charge is 0.492 e. The highest BCUT2D eigenvalue weighted by Gasteiger charge is 2.21. The highest BCUT2D eigenvalue weighted by atomic mass is 16.5. The Balaban J connectivity index is 1.84. The minimum atomic E-state index is 0.287. The fourth-order valence-electron chi connectivity index (χ4n) is 2.55. The van der Waals surface area contributed by atoms with Crippen molar-refractivity contribution < 1.29 is 9.47 Å². The van der Waals surface area contributed by atoms with Crippen LogP contribution >= 0.6 is 0 Å². The van der Waals surface area contributed by atoms with Gasteiger partial charge in [-0.2, -0.15) is 5.10 Å². The van der Waals surface area contributed by atoms with E-state index in [0.717, 1.165) is 30.9 Å². The Kier molecular flexibility index (Phi) is 5.38. The molecule has 0 radical (unpaired) electrons. The number of nitrogens with zero attached hydrogens (tertiary/aromatic N) is 2. The third-order valence-corrected chi connectivity index (χ3v) is 3.29. The Morgan fingerprint density at radius 1 is 1.35 bits per heavy atom. The Hall–Kier alpha value is -1.59. The van der Waals surface area contributed by atoms with Crippen LogP contribution in [0, 0.1) is 0 Å². The Morgan fingerprint density at radius 2 is 2.05 bits per heavy atom. The molecule has 2 atom stereocenters. The van der Waals surface area contributed by atoms with E-state index in [1.807, 2.05) is 24.3 Å². The standard InChI is InChI=1S/C15H23N3O2/c1-12-10-18(11-13(2)20-12)7-8-19-15-6-4-3-5-14(15)9-17-16/h3-6,9,12-13H,7-8,10-11,16H2,1-2H3. The summed E-state index contributed by atoms with van der Waals surface area (Å²) in [6, 6.07) is 7.75. The topological polar surface area (TPSA) is 60.1 Å². The molecule has 1 saturated heterocycles. The van der Waals surface area contributed by atoms with Crippen LogP contribution in [0.5, 0.6) is 5.75 Å². The fourth-order valence-corrected chi connectivity index (χ4v) is 2.55. The number of hydrogen-bond acceptors (Lipinski definition) is 5. The Morgan fingerprint density at radius 3 is 2.75 bits per heavy atom. The van der Waals surface area contributed by atoms with Crippen LogP contribution in [-0.2, 0) is 4.74 Å². The van der Waals surface area contributed by atoms with E-state index in [0.29, 0.717) is 6.61 Å². The van der Waals surface area contributed by atoms with Gasteiger partial charge < -0.3 is 15.3 Å². The lowest BCUT2D eigenvalue weighted by molar-refractivity contribution is -0.0699. The highest BCUT2D eigenvalue weighted by molar-refractivity contribution is 5.83. The molecule has 0 saturated carbocycles. The lowest BCUT2D eigenvalue weighted by Crippen LogP contribution is -2.46. The van der Waals surface area contributed by atoms with Crippen LogP contribution in [0.25, 0.3) is 0 Å². The molecule has 2 unspecified atom stereocenters. The van der Waals surface area contributed by atoms with Crippen LogP contribution in [0.15, 0.2) is 29.4 Å². The molecule has 5 heteroatoms. The molecule has 1 aromatic carbocycles. The third kappa shape index (κ3) is 4.21. The molecule has 2 N–H and O–H groups in total. The van der Waals surface area contributed by atoms with Crippen molar-refractivity contribution in [3.63, 3.8) is 0 Å². The molecule has 0 bridgehead atoms. The zero-order valence-electron chi connectivity index (χ0n) is 12.2. The summed E-state index contributed by atoms with van der Waals surface area (Å²) in [5.41, 5.74) is 0.902. The van der Waals surface area contributed by atoms with Gasteiger partial charge in [0.25, 0.3) is 0 Å². The summed E-state index contributed by atoms with van der Waals surface area (Å²) in [4.78, 5) is 2.37. The van der Waals surface area contributed by atoms with Gasteiger partial charge in [-0.1, -0.05) is 12.1 Å². The molecule has 0 aromatic heterocycles. The van der Waals surface area contributed by atoms with Crippen LogP contribution < -0.4 is 10.6 Å². The number of ether oxygens (including phenoxy) is 2. The molecule has 5 nitrogen and oxygen atoms in total. The van der Waals surface area contributed by atoms with Crippen molar-refractivity contribution in [1.82, 2.24) is 4.90 Å². The lowest BCUT2D eigenvalue weighted by atomic mass is 10.2. The second kappa shape index (κ2) is 7.26. The van der Waals surface area contributed by atoms with Crippen molar-refractivity contribution in [2.45, 2.75) is 26.1 Å². The van der Waals surface area contributed by atoms with E-state index >= 15 is 0 Å². The van der Waals surface area contributed by atoms with E-state index in [1.165, 1.54) is 0 Å². The van der Waals surface area contributed by atoms with E-state index in [-0.39, 0.29) is 12.2 Å². The van der Waals surface area contributed by atoms with Gasteiger partial charge in [-0.05, 0) is 26.0 Å². The molecule has 20 heavy (non-hydrogen) atoms. The van der Waals surface area contributed by atoms with Crippen molar-refractivity contribution in [2.24, 2.45) is 10.9 Å². The summed E-state index contributed by atoms with van der Waals surface area (Å²) >= 11 is 0. The molecule has 0 spiro atoms. The van der Waals surface area contributed by atoms with E-state index in [1.54, 1.807) is 6.21 Å². The van der Waals surface area contributed by atoms with Crippen LogP contribution in [0.2, 0.25) is 0 Å². The predicted octanol–water partition coefficient (Wildman–Crippen LogP) is 1.47. The van der Waals surface area contributed by atoms with E-state index in [4.69, 9.17) is 15.3 Å². The van der Waals surface area contributed by atoms with Gasteiger partial charge in [0.1, 0.15) is 12.4 Å². The average molecular weight is 277 g/mol. The van der Waals surface area contributed by atoms with E-state index in [9.17, 15) is 0 Å². The maximum atomic E-state index is 5.83. The smallest absolute Gasteiger partial charge is 0.128 e. The van der Waals surface area contributed by atoms with Gasteiger partial charge in [0.2, 0.25) is 0 Å². The number of rotatable bonds is 5. The summed E-state index contributed by atoms with van der Waals surface area (Å²) in [5.74, 6) is 6.01. The molecule has 2 rings (SSSR count). The van der Waals surface area contributed by atoms with Crippen molar-refractivity contribution in [3.05, 3.63) is 29.8 Å². The zero-order chi connectivity index (χ0) is 14.4. The maximum absolute atomic E-state index is 5.83. The zero-order valence-corrected chi connectivity index (χ0v) is 12.2. The Bertz CT molecular complexity index is 440. The molecule has 1 aromatic rings. The molecule has 1 aliphatic heterocycles. The van der Waals surface area contributed by atoms with Gasteiger partial charge in [0, 0.05) is 25.2 Å². The van der Waals surface area contributed by atoms with Crippen LogP contribution in [0.3, 0.4) is 0 Å². The number of morpholine rings is 1. The number of hydrogen-bond donors (Lipinski definition) is 1. The quantitative estimate of drug-likeness (QED) is 0.503. The van der Waals surface area contributed by atoms with Crippen molar-refractivity contribution in [3.8, 4) is 5.75 Å². The highest BCUT2D eigenvalue weighted by Crippen LogP contribution is 2.16. The van der Waals surface area contributed by atoms with Gasteiger partial charge in [0.15, 0.2) is 0 Å². The van der Waals surface area contributed by atoms with Gasteiger partial charge in [-0.3, -0.25) is 4.90 Å². The summed E-state index contributed by atoms with van der Waals surface area (Å²) in [6.45, 7) is 7.67. The summed E-state index contributed by atoms with van der Waals surface area (Å²) in [5, 5.41) is 3.55. The lowest BCUT2D eigenvalue weighted by Gasteiger charge is -2.35. The molecule has 0 aliphatic carbocycles. The van der Waals surface area contributed by atoms with Crippen molar-refractivity contribution >= 4 is 6.21 Å². The van der Waals surface area contributed by atoms with Crippen molar-refractivity contribution in [2.75, 3.05) is 26.2 Å². The van der Waals surface area contributed by atoms with Crippen LogP contribution in [0.1, 0.15) is 19.4 Å². The Labute approximate surface area is 120 Å². The van der Waals surface area contributed by atoms with Gasteiger partial charge in [-0.15, -0.1) is 0 Å². The van der Waals surface area contributed by atoms with Crippen LogP contribution in [0.4, 0.5) is 0 Å². The minimum absolute atomic E-state index is 0.287. The average Bonchev–Trinajstić information content (AvgIpc) is 2.40. The maximum Gasteiger partial charge on any atom is 0.128 e. The first-order valence-corrected chi connectivity index (χ1v) is 7.02. The number of benzene rings is 1. The second-order valence-corrected chi connectivity index (χ2v) is 5.18. The first kappa shape index (κ1) is 14.8. The normalized spacial score (nSPS) is 24.1. The first-order chi connectivity index (χ1) is 9.69.